The Balaban J connectivity index is 1.56. The third kappa shape index (κ3) is 5.17. The molecule has 1 unspecified atom stereocenters. The lowest BCUT2D eigenvalue weighted by molar-refractivity contribution is 0.114. The molecule has 3 rings (SSSR count). The molecular formula is C21H33N3OS. The van der Waals surface area contributed by atoms with E-state index in [9.17, 15) is 0 Å². The fraction of sp³-hybridized carbons (Fsp3) is 0.667. The number of thioether (sulfide) groups is 1. The number of benzene rings is 1. The van der Waals surface area contributed by atoms with Gasteiger partial charge in [-0.15, -0.1) is 11.8 Å². The Morgan fingerprint density at radius 1 is 1.31 bits per heavy atom. The minimum atomic E-state index is 0.293. The van der Waals surface area contributed by atoms with Crippen molar-refractivity contribution >= 4 is 17.7 Å². The largest absolute Gasteiger partial charge is 0.381 e. The van der Waals surface area contributed by atoms with Gasteiger partial charge in [-0.3, -0.25) is 4.99 Å². The van der Waals surface area contributed by atoms with Crippen LogP contribution >= 0.6 is 11.8 Å². The topological polar surface area (TPSA) is 36.9 Å². The third-order valence-electron chi connectivity index (χ3n) is 5.52. The Bertz CT molecular complexity index is 572. The molecule has 4 nitrogen and oxygen atoms in total. The summed E-state index contributed by atoms with van der Waals surface area (Å²) in [6, 6.07) is 10.8. The van der Waals surface area contributed by atoms with Crippen molar-refractivity contribution in [3.05, 3.63) is 30.3 Å². The molecule has 1 aromatic carbocycles. The van der Waals surface area contributed by atoms with Crippen LogP contribution in [-0.4, -0.2) is 55.5 Å². The van der Waals surface area contributed by atoms with Gasteiger partial charge in [0.15, 0.2) is 5.96 Å². The van der Waals surface area contributed by atoms with Gasteiger partial charge in [-0.2, -0.15) is 0 Å². The Morgan fingerprint density at radius 2 is 2.08 bits per heavy atom. The van der Waals surface area contributed by atoms with Crippen LogP contribution in [0, 0.1) is 5.92 Å². The molecule has 1 heterocycles. The van der Waals surface area contributed by atoms with Gasteiger partial charge in [0.2, 0.25) is 0 Å². The minimum absolute atomic E-state index is 0.293. The molecule has 1 saturated carbocycles. The number of ether oxygens (including phenoxy) is 1. The number of hydrogen-bond acceptors (Lipinski definition) is 3. The second-order valence-corrected chi connectivity index (χ2v) is 9.01. The molecule has 1 N–H and O–H groups in total. The number of hydrogen-bond donors (Lipinski definition) is 1. The molecule has 0 radical (unpaired) electrons. The van der Waals surface area contributed by atoms with E-state index in [1.165, 1.54) is 37.0 Å². The molecule has 144 valence electrons. The molecule has 2 fully saturated rings. The standard InChI is InChI=1S/C21H33N3OS/c1-3-25-16-18-11-14-24(15-18)20(22-2)23-17-21(12-7-8-13-21)26-19-9-5-4-6-10-19/h4-6,9-10,18H,3,7-8,11-17H2,1-2H3,(H,22,23). The molecule has 0 aromatic heterocycles. The average molecular weight is 376 g/mol. The first kappa shape index (κ1) is 19.6. The van der Waals surface area contributed by atoms with Crippen molar-refractivity contribution in [1.29, 1.82) is 0 Å². The molecule has 0 bridgehead atoms. The van der Waals surface area contributed by atoms with E-state index in [4.69, 9.17) is 4.74 Å². The van der Waals surface area contributed by atoms with Crippen molar-refractivity contribution in [2.45, 2.75) is 48.7 Å². The summed E-state index contributed by atoms with van der Waals surface area (Å²) in [6.07, 6.45) is 6.43. The van der Waals surface area contributed by atoms with E-state index >= 15 is 0 Å². The maximum atomic E-state index is 5.61. The highest BCUT2D eigenvalue weighted by molar-refractivity contribution is 8.00. The van der Waals surface area contributed by atoms with Crippen LogP contribution < -0.4 is 5.32 Å². The van der Waals surface area contributed by atoms with Crippen molar-refractivity contribution in [1.82, 2.24) is 10.2 Å². The van der Waals surface area contributed by atoms with Crippen molar-refractivity contribution in [2.24, 2.45) is 10.9 Å². The van der Waals surface area contributed by atoms with E-state index in [0.717, 1.165) is 38.8 Å². The number of nitrogens with zero attached hydrogens (tertiary/aromatic N) is 2. The monoisotopic (exact) mass is 375 g/mol. The highest BCUT2D eigenvalue weighted by atomic mass is 32.2. The fourth-order valence-electron chi connectivity index (χ4n) is 4.09. The fourth-order valence-corrected chi connectivity index (χ4v) is 5.52. The normalized spacial score (nSPS) is 22.8. The van der Waals surface area contributed by atoms with Crippen LogP contribution in [0.5, 0.6) is 0 Å². The number of rotatable bonds is 7. The van der Waals surface area contributed by atoms with Crippen molar-refractivity contribution in [2.75, 3.05) is 39.9 Å². The summed E-state index contributed by atoms with van der Waals surface area (Å²) in [7, 11) is 1.91. The van der Waals surface area contributed by atoms with Crippen LogP contribution in [0.3, 0.4) is 0 Å². The number of aliphatic imine (C=N–C) groups is 1. The second-order valence-electron chi connectivity index (χ2n) is 7.47. The molecular weight excluding hydrogens is 342 g/mol. The van der Waals surface area contributed by atoms with Crippen molar-refractivity contribution < 1.29 is 4.74 Å². The quantitative estimate of drug-likeness (QED) is 0.577. The molecule has 26 heavy (non-hydrogen) atoms. The smallest absolute Gasteiger partial charge is 0.193 e. The van der Waals surface area contributed by atoms with Crippen LogP contribution in [0.1, 0.15) is 39.0 Å². The first-order valence-corrected chi connectivity index (χ1v) is 10.8. The summed E-state index contributed by atoms with van der Waals surface area (Å²) in [4.78, 5) is 8.35. The number of likely N-dealkylation sites (tertiary alicyclic amines) is 1. The lowest BCUT2D eigenvalue weighted by atomic mass is 10.1. The zero-order chi connectivity index (χ0) is 18.2. The van der Waals surface area contributed by atoms with Gasteiger partial charge in [-0.05, 0) is 38.3 Å². The molecule has 1 saturated heterocycles. The molecule has 1 aliphatic heterocycles. The first-order valence-electron chi connectivity index (χ1n) is 10.0. The van der Waals surface area contributed by atoms with Gasteiger partial charge in [0.1, 0.15) is 0 Å². The Labute approximate surface area is 162 Å². The molecule has 5 heteroatoms. The molecule has 1 aliphatic carbocycles. The van der Waals surface area contributed by atoms with Crippen LogP contribution in [0.4, 0.5) is 0 Å². The van der Waals surface area contributed by atoms with Gasteiger partial charge in [-0.25, -0.2) is 0 Å². The summed E-state index contributed by atoms with van der Waals surface area (Å²) in [5.41, 5.74) is 0. The Hall–Kier alpha value is -1.20. The van der Waals surface area contributed by atoms with E-state index in [1.54, 1.807) is 0 Å². The first-order chi connectivity index (χ1) is 12.7. The van der Waals surface area contributed by atoms with E-state index < -0.39 is 0 Å². The molecule has 1 atom stereocenters. The second kappa shape index (κ2) is 9.65. The number of guanidine groups is 1. The van der Waals surface area contributed by atoms with Gasteiger partial charge < -0.3 is 15.0 Å². The molecule has 0 spiro atoms. The van der Waals surface area contributed by atoms with Crippen molar-refractivity contribution in [3.63, 3.8) is 0 Å². The van der Waals surface area contributed by atoms with E-state index in [0.29, 0.717) is 10.7 Å². The highest BCUT2D eigenvalue weighted by Crippen LogP contribution is 2.44. The Morgan fingerprint density at radius 3 is 2.77 bits per heavy atom. The lowest BCUT2D eigenvalue weighted by Crippen LogP contribution is -2.46. The lowest BCUT2D eigenvalue weighted by Gasteiger charge is -2.31. The van der Waals surface area contributed by atoms with Gasteiger partial charge in [0, 0.05) is 48.8 Å². The maximum absolute atomic E-state index is 5.61. The summed E-state index contributed by atoms with van der Waals surface area (Å²) >= 11 is 2.05. The van der Waals surface area contributed by atoms with Gasteiger partial charge in [0.05, 0.1) is 6.61 Å². The molecule has 1 aromatic rings. The highest BCUT2D eigenvalue weighted by Gasteiger charge is 2.36. The predicted molar refractivity (Wildman–Crippen MR) is 111 cm³/mol. The minimum Gasteiger partial charge on any atom is -0.381 e. The predicted octanol–water partition coefficient (Wildman–Crippen LogP) is 4.03. The van der Waals surface area contributed by atoms with Gasteiger partial charge in [-0.1, -0.05) is 31.0 Å². The molecule has 0 amide bonds. The van der Waals surface area contributed by atoms with Gasteiger partial charge in [0.25, 0.3) is 0 Å². The van der Waals surface area contributed by atoms with E-state index in [-0.39, 0.29) is 0 Å². The van der Waals surface area contributed by atoms with Crippen LogP contribution in [0.15, 0.2) is 40.2 Å². The zero-order valence-electron chi connectivity index (χ0n) is 16.2. The zero-order valence-corrected chi connectivity index (χ0v) is 17.1. The summed E-state index contributed by atoms with van der Waals surface area (Å²) < 4.78 is 5.91. The maximum Gasteiger partial charge on any atom is 0.193 e. The van der Waals surface area contributed by atoms with Gasteiger partial charge >= 0.3 is 0 Å². The van der Waals surface area contributed by atoms with Crippen LogP contribution in [0.2, 0.25) is 0 Å². The number of nitrogens with one attached hydrogen (secondary N) is 1. The SMILES string of the molecule is CCOCC1CCN(C(=NC)NCC2(Sc3ccccc3)CCCC2)C1. The Kier molecular flexibility index (Phi) is 7.26. The summed E-state index contributed by atoms with van der Waals surface area (Å²) in [5, 5.41) is 3.71. The molecule has 2 aliphatic rings. The van der Waals surface area contributed by atoms with E-state index in [1.807, 2.05) is 18.8 Å². The van der Waals surface area contributed by atoms with Crippen LogP contribution in [-0.2, 0) is 4.74 Å². The van der Waals surface area contributed by atoms with Crippen molar-refractivity contribution in [3.8, 4) is 0 Å². The van der Waals surface area contributed by atoms with Crippen LogP contribution in [0.25, 0.3) is 0 Å². The summed E-state index contributed by atoms with van der Waals surface area (Å²) in [5.74, 6) is 1.69. The van der Waals surface area contributed by atoms with E-state index in [2.05, 4.69) is 52.5 Å². The average Bonchev–Trinajstić information content (AvgIpc) is 3.32. The summed E-state index contributed by atoms with van der Waals surface area (Å²) in [6.45, 7) is 6.87. The third-order valence-corrected chi connectivity index (χ3v) is 7.01.